The van der Waals surface area contributed by atoms with Crippen LogP contribution in [0.3, 0.4) is 0 Å². The molecule has 0 aromatic rings. The van der Waals surface area contributed by atoms with Crippen LogP contribution in [0.4, 0.5) is 0 Å². The van der Waals surface area contributed by atoms with Gasteiger partial charge in [-0.3, -0.25) is 19.3 Å². The molecule has 0 rings (SSSR count). The Morgan fingerprint density at radius 2 is 1.94 bits per heavy atom. The van der Waals surface area contributed by atoms with Gasteiger partial charge in [-0.2, -0.15) is 0 Å². The van der Waals surface area contributed by atoms with E-state index in [0.717, 1.165) is 0 Å². The van der Waals surface area contributed by atoms with Gasteiger partial charge in [-0.1, -0.05) is 0 Å². The molecular weight excluding hydrogens is 214 g/mol. The summed E-state index contributed by atoms with van der Waals surface area (Å²) in [4.78, 5) is 33.4. The molecule has 0 aliphatic heterocycles. The number of carboxylic acid groups (broad SMARTS) is 1. The summed E-state index contributed by atoms with van der Waals surface area (Å²) in [6.45, 7) is -0.0145. The van der Waals surface area contributed by atoms with Gasteiger partial charge in [0.05, 0.1) is 13.1 Å². The molecule has 0 aliphatic rings. The summed E-state index contributed by atoms with van der Waals surface area (Å²) in [6, 6.07) is 0. The highest BCUT2D eigenvalue weighted by Gasteiger charge is 2.12. The van der Waals surface area contributed by atoms with Gasteiger partial charge in [-0.05, 0) is 13.0 Å². The second-order valence-corrected chi connectivity index (χ2v) is 3.35. The fourth-order valence-corrected chi connectivity index (χ4v) is 1.21. The third-order valence-electron chi connectivity index (χ3n) is 1.90. The lowest BCUT2D eigenvalue weighted by molar-refractivity contribution is -0.138. The van der Waals surface area contributed by atoms with E-state index in [9.17, 15) is 14.4 Å². The summed E-state index contributed by atoms with van der Waals surface area (Å²) in [5.74, 6) is -1.73. The Morgan fingerprint density at radius 3 is 2.38 bits per heavy atom. The number of aliphatic carboxylic acids is 1. The predicted octanol–water partition coefficient (Wildman–Crippen LogP) is -1.62. The largest absolute Gasteiger partial charge is 0.480 e. The molecule has 16 heavy (non-hydrogen) atoms. The van der Waals surface area contributed by atoms with Crippen molar-refractivity contribution in [2.24, 2.45) is 5.73 Å². The Morgan fingerprint density at radius 1 is 1.31 bits per heavy atom. The third-order valence-corrected chi connectivity index (χ3v) is 1.90. The third kappa shape index (κ3) is 7.74. The van der Waals surface area contributed by atoms with Gasteiger partial charge in [-0.25, -0.2) is 0 Å². The summed E-state index contributed by atoms with van der Waals surface area (Å²) >= 11 is 0. The first-order valence-electron chi connectivity index (χ1n) is 4.88. The highest BCUT2D eigenvalue weighted by Crippen LogP contribution is 1.95. The van der Waals surface area contributed by atoms with Gasteiger partial charge in [0.15, 0.2) is 0 Å². The highest BCUT2D eigenvalue weighted by molar-refractivity contribution is 5.77. The van der Waals surface area contributed by atoms with E-state index in [4.69, 9.17) is 10.8 Å². The summed E-state index contributed by atoms with van der Waals surface area (Å²) in [5, 5.41) is 11.0. The normalized spacial score (nSPS) is 10.1. The smallest absolute Gasteiger partial charge is 0.317 e. The second-order valence-electron chi connectivity index (χ2n) is 3.35. The van der Waals surface area contributed by atoms with Crippen LogP contribution in [0.1, 0.15) is 12.8 Å². The zero-order valence-electron chi connectivity index (χ0n) is 9.23. The van der Waals surface area contributed by atoms with Crippen molar-refractivity contribution < 1.29 is 19.5 Å². The molecule has 0 aliphatic carbocycles. The van der Waals surface area contributed by atoms with Crippen molar-refractivity contribution >= 4 is 17.8 Å². The first-order valence-corrected chi connectivity index (χ1v) is 4.88. The summed E-state index contributed by atoms with van der Waals surface area (Å²) in [7, 11) is 1.53. The maximum absolute atomic E-state index is 10.9. The van der Waals surface area contributed by atoms with Gasteiger partial charge in [0, 0.05) is 13.5 Å². The molecule has 0 atom stereocenters. The van der Waals surface area contributed by atoms with E-state index >= 15 is 0 Å². The Labute approximate surface area is 93.6 Å². The van der Waals surface area contributed by atoms with Crippen LogP contribution in [0.5, 0.6) is 0 Å². The summed E-state index contributed by atoms with van der Waals surface area (Å²) in [6.07, 6.45) is 0.783. The van der Waals surface area contributed by atoms with Gasteiger partial charge in [0.1, 0.15) is 0 Å². The quantitative estimate of drug-likeness (QED) is 0.465. The van der Waals surface area contributed by atoms with Crippen LogP contribution < -0.4 is 11.1 Å². The van der Waals surface area contributed by atoms with Crippen molar-refractivity contribution in [1.29, 1.82) is 0 Å². The standard InChI is InChI=1S/C9H17N3O4/c1-11-8(14)3-2-4-12(5-7(10)13)6-9(15)16/h2-6H2,1H3,(H2,10,13)(H,11,14)(H,15,16). The average Bonchev–Trinajstić information content (AvgIpc) is 2.15. The molecule has 92 valence electrons. The number of carbonyl (C=O) groups is 3. The van der Waals surface area contributed by atoms with Gasteiger partial charge in [0.2, 0.25) is 11.8 Å². The molecule has 0 radical (unpaired) electrons. The first-order chi connectivity index (χ1) is 7.45. The van der Waals surface area contributed by atoms with Gasteiger partial charge >= 0.3 is 5.97 Å². The molecule has 4 N–H and O–H groups in total. The topological polar surface area (TPSA) is 113 Å². The zero-order chi connectivity index (χ0) is 12.6. The van der Waals surface area contributed by atoms with Crippen molar-refractivity contribution in [2.75, 3.05) is 26.7 Å². The molecule has 0 saturated carbocycles. The molecule has 0 unspecified atom stereocenters. The van der Waals surface area contributed by atoms with E-state index in [2.05, 4.69) is 5.32 Å². The van der Waals surface area contributed by atoms with Gasteiger partial charge in [0.25, 0.3) is 0 Å². The number of hydrogen-bond donors (Lipinski definition) is 3. The second kappa shape index (κ2) is 7.63. The van der Waals surface area contributed by atoms with Crippen LogP contribution >= 0.6 is 0 Å². The SMILES string of the molecule is CNC(=O)CCCN(CC(N)=O)CC(=O)O. The molecular formula is C9H17N3O4. The van der Waals surface area contributed by atoms with Crippen LogP contribution in [0, 0.1) is 0 Å². The highest BCUT2D eigenvalue weighted by atomic mass is 16.4. The molecule has 2 amide bonds. The molecule has 0 bridgehead atoms. The van der Waals surface area contributed by atoms with Crippen LogP contribution in [0.2, 0.25) is 0 Å². The molecule has 7 nitrogen and oxygen atoms in total. The minimum absolute atomic E-state index is 0.111. The lowest BCUT2D eigenvalue weighted by atomic mass is 10.2. The molecule has 0 spiro atoms. The number of hydrogen-bond acceptors (Lipinski definition) is 4. The van der Waals surface area contributed by atoms with Crippen LogP contribution in [-0.4, -0.2) is 54.5 Å². The number of amides is 2. The van der Waals surface area contributed by atoms with Crippen LogP contribution in [0.15, 0.2) is 0 Å². The Balaban J connectivity index is 3.96. The lowest BCUT2D eigenvalue weighted by Crippen LogP contribution is -2.38. The molecule has 0 aromatic carbocycles. The lowest BCUT2D eigenvalue weighted by Gasteiger charge is -2.17. The first kappa shape index (κ1) is 14.4. The molecule has 0 heterocycles. The maximum atomic E-state index is 10.9. The van der Waals surface area contributed by atoms with Crippen LogP contribution in [0.25, 0.3) is 0 Å². The van der Waals surface area contributed by atoms with Crippen molar-refractivity contribution in [3.8, 4) is 0 Å². The number of rotatable bonds is 8. The molecule has 7 heteroatoms. The summed E-state index contributed by atoms with van der Waals surface area (Å²) < 4.78 is 0. The van der Waals surface area contributed by atoms with Crippen molar-refractivity contribution in [1.82, 2.24) is 10.2 Å². The minimum atomic E-state index is -1.03. The van der Waals surface area contributed by atoms with Gasteiger partial charge < -0.3 is 16.2 Å². The number of nitrogens with one attached hydrogen (secondary N) is 1. The van der Waals surface area contributed by atoms with E-state index in [1.165, 1.54) is 11.9 Å². The Kier molecular flexibility index (Phi) is 6.86. The van der Waals surface area contributed by atoms with E-state index < -0.39 is 11.9 Å². The van der Waals surface area contributed by atoms with E-state index in [0.29, 0.717) is 19.4 Å². The summed E-state index contributed by atoms with van der Waals surface area (Å²) in [5.41, 5.74) is 4.97. The van der Waals surface area contributed by atoms with E-state index in [-0.39, 0.29) is 19.0 Å². The van der Waals surface area contributed by atoms with E-state index in [1.807, 2.05) is 0 Å². The Hall–Kier alpha value is -1.63. The molecule has 0 aromatic heterocycles. The van der Waals surface area contributed by atoms with Crippen molar-refractivity contribution in [3.05, 3.63) is 0 Å². The number of primary amides is 1. The van der Waals surface area contributed by atoms with Crippen molar-refractivity contribution in [3.63, 3.8) is 0 Å². The van der Waals surface area contributed by atoms with E-state index in [1.54, 1.807) is 0 Å². The minimum Gasteiger partial charge on any atom is -0.480 e. The number of carboxylic acids is 1. The predicted molar refractivity (Wildman–Crippen MR) is 56.6 cm³/mol. The van der Waals surface area contributed by atoms with Crippen LogP contribution in [-0.2, 0) is 14.4 Å². The molecule has 0 saturated heterocycles. The number of nitrogens with zero attached hydrogens (tertiary/aromatic N) is 1. The van der Waals surface area contributed by atoms with Crippen molar-refractivity contribution in [2.45, 2.75) is 12.8 Å². The number of carbonyl (C=O) groups excluding carboxylic acids is 2. The number of nitrogens with two attached hydrogens (primary N) is 1. The Bertz CT molecular complexity index is 251. The fourth-order valence-electron chi connectivity index (χ4n) is 1.21. The molecule has 0 fully saturated rings. The monoisotopic (exact) mass is 231 g/mol. The maximum Gasteiger partial charge on any atom is 0.317 e. The zero-order valence-corrected chi connectivity index (χ0v) is 9.23. The fraction of sp³-hybridized carbons (Fsp3) is 0.667. The average molecular weight is 231 g/mol. The van der Waals surface area contributed by atoms with Gasteiger partial charge in [-0.15, -0.1) is 0 Å².